The Labute approximate surface area is 204 Å². The van der Waals surface area contributed by atoms with E-state index < -0.39 is 14.3 Å². The van der Waals surface area contributed by atoms with E-state index in [1.165, 1.54) is 37.7 Å². The molecular formula is C28H50O4Si. The average Bonchev–Trinajstić information content (AvgIpc) is 3.08. The Morgan fingerprint density at radius 2 is 1.82 bits per heavy atom. The van der Waals surface area contributed by atoms with Gasteiger partial charge in [-0.15, -0.1) is 0 Å². The first-order valence-electron chi connectivity index (χ1n) is 13.3. The van der Waals surface area contributed by atoms with Crippen molar-refractivity contribution in [1.82, 2.24) is 0 Å². The molecule has 0 radical (unpaired) electrons. The van der Waals surface area contributed by atoms with Crippen LogP contribution in [-0.4, -0.2) is 36.2 Å². The van der Waals surface area contributed by atoms with E-state index in [4.69, 9.17) is 9.53 Å². The zero-order valence-electron chi connectivity index (χ0n) is 22.2. The molecule has 0 spiro atoms. The highest BCUT2D eigenvalue weighted by atomic mass is 28.4. The Balaban J connectivity index is 2.03. The third kappa shape index (κ3) is 8.36. The Morgan fingerprint density at radius 1 is 1.15 bits per heavy atom. The van der Waals surface area contributed by atoms with Gasteiger partial charge in [-0.25, -0.2) is 0 Å². The molecule has 2 aliphatic carbocycles. The molecule has 4 nitrogen and oxygen atoms in total. The Hall–Kier alpha value is -0.913. The standard InChI is InChI=1S/C28H50O4Si/c1-27(2,3)33(5,6)32-28(4,23-14-10-9-11-15-23)21-20-22-18-19-25(29)24(22)16-12-7-8-13-17-26(30)31/h7,12,18,23-25,29H,8-11,13-17,19-21H2,1-6H3,(H,30,31)/b12-7-/t24-,25+,28?/m1/s1. The van der Waals surface area contributed by atoms with Crippen molar-refractivity contribution < 1.29 is 19.4 Å². The van der Waals surface area contributed by atoms with E-state index in [1.807, 2.05) is 0 Å². The summed E-state index contributed by atoms with van der Waals surface area (Å²) >= 11 is 0. The number of hydrogen-bond donors (Lipinski definition) is 2. The first-order chi connectivity index (χ1) is 15.4. The fourth-order valence-electron chi connectivity index (χ4n) is 5.34. The van der Waals surface area contributed by atoms with Gasteiger partial charge in [-0.1, -0.05) is 63.8 Å². The van der Waals surface area contributed by atoms with Crippen molar-refractivity contribution in [2.24, 2.45) is 11.8 Å². The summed E-state index contributed by atoms with van der Waals surface area (Å²) in [6, 6.07) is 0. The Morgan fingerprint density at radius 3 is 2.42 bits per heavy atom. The number of carbonyl (C=O) groups is 1. The minimum atomic E-state index is -1.90. The fourth-order valence-corrected chi connectivity index (χ4v) is 7.08. The van der Waals surface area contributed by atoms with Crippen LogP contribution in [0.4, 0.5) is 0 Å². The molecule has 0 aromatic rings. The second kappa shape index (κ2) is 12.2. The highest BCUT2D eigenvalue weighted by Gasteiger charge is 2.46. The van der Waals surface area contributed by atoms with Gasteiger partial charge in [-0.2, -0.15) is 0 Å². The third-order valence-corrected chi connectivity index (χ3v) is 13.1. The van der Waals surface area contributed by atoms with E-state index in [1.54, 1.807) is 0 Å². The largest absolute Gasteiger partial charge is 0.481 e. The zero-order chi connectivity index (χ0) is 24.7. The smallest absolute Gasteiger partial charge is 0.303 e. The summed E-state index contributed by atoms with van der Waals surface area (Å²) in [5, 5.41) is 19.6. The van der Waals surface area contributed by atoms with Gasteiger partial charge in [-0.05, 0) is 82.3 Å². The number of carboxylic acid groups (broad SMARTS) is 1. The van der Waals surface area contributed by atoms with Gasteiger partial charge in [0.2, 0.25) is 0 Å². The van der Waals surface area contributed by atoms with Crippen LogP contribution in [0.1, 0.15) is 105 Å². The highest BCUT2D eigenvalue weighted by molar-refractivity contribution is 6.74. The van der Waals surface area contributed by atoms with Gasteiger partial charge in [0.05, 0.1) is 11.7 Å². The molecule has 2 aliphatic rings. The van der Waals surface area contributed by atoms with Crippen LogP contribution >= 0.6 is 0 Å². The lowest BCUT2D eigenvalue weighted by Crippen LogP contribution is -2.52. The number of carboxylic acids is 1. The van der Waals surface area contributed by atoms with Crippen molar-refractivity contribution in [3.05, 3.63) is 23.8 Å². The van der Waals surface area contributed by atoms with Crippen LogP contribution in [-0.2, 0) is 9.22 Å². The summed E-state index contributed by atoms with van der Waals surface area (Å²) in [5.74, 6) is 0.0739. The molecule has 0 saturated heterocycles. The molecule has 2 rings (SSSR count). The van der Waals surface area contributed by atoms with Crippen LogP contribution < -0.4 is 0 Å². The number of allylic oxidation sites excluding steroid dienone is 2. The lowest BCUT2D eigenvalue weighted by atomic mass is 9.75. The van der Waals surface area contributed by atoms with Crippen LogP contribution in [0.5, 0.6) is 0 Å². The third-order valence-electron chi connectivity index (χ3n) is 8.55. The lowest BCUT2D eigenvalue weighted by Gasteiger charge is -2.49. The molecule has 0 amide bonds. The average molecular weight is 479 g/mol. The monoisotopic (exact) mass is 478 g/mol. The summed E-state index contributed by atoms with van der Waals surface area (Å²) in [6.07, 6.45) is 18.0. The van der Waals surface area contributed by atoms with Crippen LogP contribution in [0.15, 0.2) is 23.8 Å². The number of rotatable bonds is 12. The van der Waals surface area contributed by atoms with E-state index in [0.29, 0.717) is 12.3 Å². The molecule has 1 fully saturated rings. The normalized spacial score (nSPS) is 24.8. The van der Waals surface area contributed by atoms with Crippen molar-refractivity contribution in [2.75, 3.05) is 0 Å². The number of unbranched alkanes of at least 4 members (excludes halogenated alkanes) is 1. The quantitative estimate of drug-likeness (QED) is 0.172. The molecule has 1 saturated carbocycles. The zero-order valence-corrected chi connectivity index (χ0v) is 23.2. The molecule has 190 valence electrons. The topological polar surface area (TPSA) is 66.8 Å². The molecule has 5 heteroatoms. The SMILES string of the molecule is CC(CCC1=CC[C@H](O)[C@@H]1C/C=C\CCCC(=O)O)(O[Si](C)(C)C(C)(C)C)C1CCCCC1. The van der Waals surface area contributed by atoms with Crippen LogP contribution in [0, 0.1) is 11.8 Å². The maximum absolute atomic E-state index is 10.7. The van der Waals surface area contributed by atoms with Crippen molar-refractivity contribution >= 4 is 14.3 Å². The van der Waals surface area contributed by atoms with Crippen LogP contribution in [0.25, 0.3) is 0 Å². The maximum atomic E-state index is 10.7. The van der Waals surface area contributed by atoms with E-state index in [2.05, 4.69) is 59.0 Å². The van der Waals surface area contributed by atoms with Crippen molar-refractivity contribution in [3.8, 4) is 0 Å². The second-order valence-corrected chi connectivity index (χ2v) is 16.9. The number of aliphatic hydroxyl groups excluding tert-OH is 1. The molecular weight excluding hydrogens is 428 g/mol. The Kier molecular flexibility index (Phi) is 10.4. The highest BCUT2D eigenvalue weighted by Crippen LogP contribution is 2.46. The van der Waals surface area contributed by atoms with Gasteiger partial charge in [0.15, 0.2) is 8.32 Å². The van der Waals surface area contributed by atoms with E-state index in [9.17, 15) is 9.90 Å². The molecule has 0 aliphatic heterocycles. The number of hydrogen-bond acceptors (Lipinski definition) is 3. The van der Waals surface area contributed by atoms with Crippen molar-refractivity contribution in [2.45, 2.75) is 135 Å². The molecule has 1 unspecified atom stereocenters. The second-order valence-electron chi connectivity index (χ2n) is 12.2. The fraction of sp³-hybridized carbons (Fsp3) is 0.821. The summed E-state index contributed by atoms with van der Waals surface area (Å²) in [7, 11) is -1.90. The molecule has 33 heavy (non-hydrogen) atoms. The van der Waals surface area contributed by atoms with Crippen LogP contribution in [0.3, 0.4) is 0 Å². The van der Waals surface area contributed by atoms with E-state index in [-0.39, 0.29) is 29.1 Å². The molecule has 0 aromatic heterocycles. The molecule has 2 N–H and O–H groups in total. The predicted octanol–water partition coefficient (Wildman–Crippen LogP) is 7.64. The molecule has 0 aromatic carbocycles. The lowest BCUT2D eigenvalue weighted by molar-refractivity contribution is -0.137. The summed E-state index contributed by atoms with van der Waals surface area (Å²) in [6.45, 7) is 14.1. The maximum Gasteiger partial charge on any atom is 0.303 e. The molecule has 0 heterocycles. The van der Waals surface area contributed by atoms with Gasteiger partial charge in [-0.3, -0.25) is 4.79 Å². The number of aliphatic carboxylic acids is 1. The van der Waals surface area contributed by atoms with E-state index in [0.717, 1.165) is 32.1 Å². The van der Waals surface area contributed by atoms with Gasteiger partial charge < -0.3 is 14.6 Å². The predicted molar refractivity (Wildman–Crippen MR) is 140 cm³/mol. The van der Waals surface area contributed by atoms with Crippen molar-refractivity contribution in [1.29, 1.82) is 0 Å². The molecule has 3 atom stereocenters. The van der Waals surface area contributed by atoms with E-state index >= 15 is 0 Å². The summed E-state index contributed by atoms with van der Waals surface area (Å²) in [4.78, 5) is 10.7. The first-order valence-corrected chi connectivity index (χ1v) is 16.2. The van der Waals surface area contributed by atoms with Gasteiger partial charge in [0.1, 0.15) is 0 Å². The van der Waals surface area contributed by atoms with Gasteiger partial charge in [0, 0.05) is 12.3 Å². The Bertz CT molecular complexity index is 685. The van der Waals surface area contributed by atoms with Gasteiger partial charge in [0.25, 0.3) is 0 Å². The molecule has 0 bridgehead atoms. The minimum Gasteiger partial charge on any atom is -0.481 e. The van der Waals surface area contributed by atoms with Crippen molar-refractivity contribution in [3.63, 3.8) is 0 Å². The number of aliphatic hydroxyl groups is 1. The summed E-state index contributed by atoms with van der Waals surface area (Å²) < 4.78 is 7.18. The van der Waals surface area contributed by atoms with Gasteiger partial charge >= 0.3 is 5.97 Å². The van der Waals surface area contributed by atoms with Crippen LogP contribution in [0.2, 0.25) is 18.1 Å². The minimum absolute atomic E-state index is 0.102. The summed E-state index contributed by atoms with van der Waals surface area (Å²) in [5.41, 5.74) is 1.29. The first kappa shape index (κ1) is 28.3.